The fraction of sp³-hybridized carbons (Fsp3) is 0.458. The molecule has 12 heteroatoms. The highest BCUT2D eigenvalue weighted by molar-refractivity contribution is 5.83. The molecule has 0 aliphatic carbocycles. The molecule has 1 amide bonds. The maximum atomic E-state index is 13.9. The molecular weight excluding hydrogens is 477 g/mol. The number of aryl methyl sites for hydroxylation is 1. The molecule has 0 radical (unpaired) electrons. The number of amides is 1. The molecule has 0 atom stereocenters. The summed E-state index contributed by atoms with van der Waals surface area (Å²) in [6.07, 6.45) is -4.57. The van der Waals surface area contributed by atoms with Crippen molar-refractivity contribution in [1.29, 1.82) is 5.26 Å². The number of pyridine rings is 1. The Morgan fingerprint density at radius 3 is 2.58 bits per heavy atom. The van der Waals surface area contributed by atoms with Crippen LogP contribution in [0, 0.1) is 17.2 Å². The molecule has 1 saturated heterocycles. The van der Waals surface area contributed by atoms with E-state index in [1.807, 2.05) is 6.07 Å². The Balaban J connectivity index is 1.46. The van der Waals surface area contributed by atoms with E-state index in [1.54, 1.807) is 38.8 Å². The number of ether oxygens (including phenoxy) is 2. The van der Waals surface area contributed by atoms with Crippen molar-refractivity contribution in [1.82, 2.24) is 24.9 Å². The van der Waals surface area contributed by atoms with Gasteiger partial charge in [0.25, 0.3) is 0 Å². The third-order valence-corrected chi connectivity index (χ3v) is 5.68. The summed E-state index contributed by atoms with van der Waals surface area (Å²) < 4.78 is 53.8. The molecule has 1 fully saturated rings. The van der Waals surface area contributed by atoms with Crippen LogP contribution in [-0.2, 0) is 18.0 Å². The summed E-state index contributed by atoms with van der Waals surface area (Å²) in [5.74, 6) is -0.169. The van der Waals surface area contributed by atoms with Gasteiger partial charge in [0.05, 0.1) is 23.4 Å². The van der Waals surface area contributed by atoms with Gasteiger partial charge in [0.1, 0.15) is 22.9 Å². The van der Waals surface area contributed by atoms with Crippen molar-refractivity contribution >= 4 is 17.1 Å². The van der Waals surface area contributed by atoms with E-state index in [0.717, 1.165) is 6.07 Å². The Labute approximate surface area is 205 Å². The highest BCUT2D eigenvalue weighted by Crippen LogP contribution is 2.39. The normalized spacial score (nSPS) is 14.4. The van der Waals surface area contributed by atoms with Gasteiger partial charge < -0.3 is 14.4 Å². The lowest BCUT2D eigenvalue weighted by Crippen LogP contribution is -2.51. The first-order valence-corrected chi connectivity index (χ1v) is 11.3. The molecule has 9 nitrogen and oxygen atoms in total. The van der Waals surface area contributed by atoms with Crippen LogP contribution < -0.4 is 4.74 Å². The zero-order valence-electron chi connectivity index (χ0n) is 20.3. The number of rotatable bonds is 5. The SMILES string of the molecule is Cn1nnc2c(C#N)nc(-c3ccc(OCCC4CN(C(=O)OC(C)(C)C)C4)c(C(F)(F)F)c3)cc21. The zero-order chi connectivity index (χ0) is 26.3. The summed E-state index contributed by atoms with van der Waals surface area (Å²) >= 11 is 0. The number of hydrogen-bond donors (Lipinski definition) is 0. The van der Waals surface area contributed by atoms with Crippen LogP contribution in [0.2, 0.25) is 0 Å². The van der Waals surface area contributed by atoms with Crippen LogP contribution >= 0.6 is 0 Å². The first-order valence-electron chi connectivity index (χ1n) is 11.3. The Bertz CT molecular complexity index is 1330. The van der Waals surface area contributed by atoms with Crippen LogP contribution in [0.5, 0.6) is 5.75 Å². The topological polar surface area (TPSA) is 106 Å². The number of likely N-dealkylation sites (tertiary alicyclic amines) is 1. The van der Waals surface area contributed by atoms with Gasteiger partial charge in [-0.15, -0.1) is 5.10 Å². The lowest BCUT2D eigenvalue weighted by molar-refractivity contribution is -0.139. The number of carbonyl (C=O) groups is 1. The van der Waals surface area contributed by atoms with Crippen molar-refractivity contribution in [2.45, 2.75) is 39.0 Å². The van der Waals surface area contributed by atoms with Crippen LogP contribution in [0.25, 0.3) is 22.3 Å². The van der Waals surface area contributed by atoms with Gasteiger partial charge in [0.2, 0.25) is 0 Å². The first-order chi connectivity index (χ1) is 16.9. The first kappa shape index (κ1) is 25.2. The summed E-state index contributed by atoms with van der Waals surface area (Å²) in [6, 6.07) is 7.14. The number of aromatic nitrogens is 4. The Morgan fingerprint density at radius 2 is 1.94 bits per heavy atom. The molecule has 1 aromatic carbocycles. The fourth-order valence-electron chi connectivity index (χ4n) is 3.86. The molecule has 1 aliphatic rings. The van der Waals surface area contributed by atoms with Crippen molar-refractivity contribution in [3.63, 3.8) is 0 Å². The average molecular weight is 502 g/mol. The van der Waals surface area contributed by atoms with E-state index >= 15 is 0 Å². The largest absolute Gasteiger partial charge is 0.493 e. The number of alkyl halides is 3. The van der Waals surface area contributed by atoms with Crippen LogP contribution in [0.3, 0.4) is 0 Å². The summed E-state index contributed by atoms with van der Waals surface area (Å²) in [7, 11) is 1.62. The summed E-state index contributed by atoms with van der Waals surface area (Å²) in [5, 5.41) is 17.1. The molecule has 0 bridgehead atoms. The van der Waals surface area contributed by atoms with Crippen molar-refractivity contribution in [2.75, 3.05) is 19.7 Å². The smallest absolute Gasteiger partial charge is 0.419 e. The van der Waals surface area contributed by atoms with Gasteiger partial charge in [-0.25, -0.2) is 14.5 Å². The Morgan fingerprint density at radius 1 is 1.22 bits per heavy atom. The van der Waals surface area contributed by atoms with E-state index in [4.69, 9.17) is 9.47 Å². The van der Waals surface area contributed by atoms with Gasteiger partial charge in [0.15, 0.2) is 5.69 Å². The number of hydrogen-bond acceptors (Lipinski definition) is 7. The van der Waals surface area contributed by atoms with Gasteiger partial charge in [-0.05, 0) is 57.4 Å². The number of nitriles is 1. The van der Waals surface area contributed by atoms with Crippen molar-refractivity contribution in [3.8, 4) is 23.1 Å². The van der Waals surface area contributed by atoms with Crippen molar-refractivity contribution in [3.05, 3.63) is 35.5 Å². The minimum atomic E-state index is -4.66. The molecule has 4 rings (SSSR count). The maximum Gasteiger partial charge on any atom is 0.419 e. The van der Waals surface area contributed by atoms with Crippen LogP contribution in [0.15, 0.2) is 24.3 Å². The molecule has 3 aromatic rings. The van der Waals surface area contributed by atoms with E-state index in [-0.39, 0.29) is 40.7 Å². The van der Waals surface area contributed by atoms with E-state index < -0.39 is 23.4 Å². The molecule has 3 heterocycles. The van der Waals surface area contributed by atoms with Gasteiger partial charge in [-0.2, -0.15) is 18.4 Å². The van der Waals surface area contributed by atoms with E-state index in [0.29, 0.717) is 25.0 Å². The molecule has 2 aromatic heterocycles. The Kier molecular flexibility index (Phi) is 6.51. The van der Waals surface area contributed by atoms with Gasteiger partial charge in [-0.3, -0.25) is 0 Å². The molecule has 0 N–H and O–H groups in total. The number of nitrogens with zero attached hydrogens (tertiary/aromatic N) is 6. The molecule has 36 heavy (non-hydrogen) atoms. The molecular formula is C24H25F3N6O3. The summed E-state index contributed by atoms with van der Waals surface area (Å²) in [4.78, 5) is 17.8. The minimum Gasteiger partial charge on any atom is -0.493 e. The van der Waals surface area contributed by atoms with E-state index in [2.05, 4.69) is 15.3 Å². The predicted octanol–water partition coefficient (Wildman–Crippen LogP) is 4.56. The number of fused-ring (bicyclic) bond motifs is 1. The molecule has 190 valence electrons. The van der Waals surface area contributed by atoms with Gasteiger partial charge in [-0.1, -0.05) is 5.21 Å². The van der Waals surface area contributed by atoms with Crippen molar-refractivity contribution in [2.24, 2.45) is 13.0 Å². The second-order valence-electron chi connectivity index (χ2n) is 9.65. The summed E-state index contributed by atoms with van der Waals surface area (Å²) in [5.41, 5.74) is -0.415. The average Bonchev–Trinajstić information content (AvgIpc) is 3.13. The second-order valence-corrected chi connectivity index (χ2v) is 9.65. The van der Waals surface area contributed by atoms with Crippen LogP contribution in [-0.4, -0.2) is 56.3 Å². The zero-order valence-corrected chi connectivity index (χ0v) is 20.3. The Hall–Kier alpha value is -3.88. The number of halogens is 3. The highest BCUT2D eigenvalue weighted by Gasteiger charge is 2.36. The lowest BCUT2D eigenvalue weighted by atomic mass is 9.97. The molecule has 1 aliphatic heterocycles. The number of benzene rings is 1. The predicted molar refractivity (Wildman–Crippen MR) is 123 cm³/mol. The van der Waals surface area contributed by atoms with E-state index in [9.17, 15) is 23.2 Å². The standard InChI is InChI=1S/C24H25F3N6O3/c1-23(2,3)36-22(34)33-12-14(13-33)7-8-35-20-6-5-15(9-16(20)24(25,26)27)17-10-19-21(18(11-28)29-17)30-31-32(19)4/h5-6,9-10,14H,7-8,12-13H2,1-4H3. The summed E-state index contributed by atoms with van der Waals surface area (Å²) in [6.45, 7) is 6.37. The third-order valence-electron chi connectivity index (χ3n) is 5.68. The maximum absolute atomic E-state index is 13.9. The molecule has 0 spiro atoms. The number of carbonyl (C=O) groups excluding carboxylic acids is 1. The lowest BCUT2D eigenvalue weighted by Gasteiger charge is -2.39. The second kappa shape index (κ2) is 9.29. The molecule has 0 saturated carbocycles. The van der Waals surface area contributed by atoms with E-state index in [1.165, 1.54) is 16.8 Å². The van der Waals surface area contributed by atoms with Crippen molar-refractivity contribution < 1.29 is 27.4 Å². The highest BCUT2D eigenvalue weighted by atomic mass is 19.4. The molecule has 0 unspecified atom stereocenters. The third kappa shape index (κ3) is 5.35. The fourth-order valence-corrected chi connectivity index (χ4v) is 3.86. The van der Waals surface area contributed by atoms with Crippen LogP contribution in [0.4, 0.5) is 18.0 Å². The minimum absolute atomic E-state index is 0.0228. The van der Waals surface area contributed by atoms with Gasteiger partial charge in [0, 0.05) is 25.7 Å². The van der Waals surface area contributed by atoms with Crippen LogP contribution in [0.1, 0.15) is 38.4 Å². The monoisotopic (exact) mass is 502 g/mol. The quantitative estimate of drug-likeness (QED) is 0.504. The van der Waals surface area contributed by atoms with Gasteiger partial charge >= 0.3 is 12.3 Å².